The summed E-state index contributed by atoms with van der Waals surface area (Å²) in [7, 11) is 0. The zero-order chi connectivity index (χ0) is 14.7. The molecule has 2 atom stereocenters. The Hall–Kier alpha value is -1.62. The van der Waals surface area contributed by atoms with E-state index in [2.05, 4.69) is 10.3 Å². The van der Waals surface area contributed by atoms with Crippen molar-refractivity contribution in [3.8, 4) is 0 Å². The Kier molecular flexibility index (Phi) is 4.39. The summed E-state index contributed by atoms with van der Waals surface area (Å²) in [6.07, 6.45) is 8.16. The third-order valence-electron chi connectivity index (χ3n) is 4.41. The van der Waals surface area contributed by atoms with Gasteiger partial charge in [-0.15, -0.1) is 0 Å². The molecular weight excluding hydrogens is 266 g/mol. The van der Waals surface area contributed by atoms with Gasteiger partial charge in [-0.3, -0.25) is 9.78 Å². The van der Waals surface area contributed by atoms with Crippen LogP contribution >= 0.6 is 0 Å². The Morgan fingerprint density at radius 1 is 1.48 bits per heavy atom. The quantitative estimate of drug-likeness (QED) is 0.927. The van der Waals surface area contributed by atoms with Gasteiger partial charge in [0.15, 0.2) is 0 Å². The van der Waals surface area contributed by atoms with E-state index in [9.17, 15) is 4.79 Å². The molecule has 1 amide bonds. The molecule has 0 spiro atoms. The average molecular weight is 289 g/mol. The van der Waals surface area contributed by atoms with Crippen molar-refractivity contribution in [3.63, 3.8) is 0 Å². The minimum absolute atomic E-state index is 0.105. The zero-order valence-electron chi connectivity index (χ0n) is 12.5. The molecule has 2 aliphatic rings. The number of nitrogens with zero attached hydrogens (tertiary/aromatic N) is 2. The molecule has 1 aliphatic carbocycles. The lowest BCUT2D eigenvalue weighted by molar-refractivity contribution is -0.0752. The van der Waals surface area contributed by atoms with Crippen molar-refractivity contribution in [1.29, 1.82) is 0 Å². The smallest absolute Gasteiger partial charge is 0.256 e. The highest BCUT2D eigenvalue weighted by Crippen LogP contribution is 2.30. The minimum atomic E-state index is 0.105. The largest absolute Gasteiger partial charge is 0.383 e. The van der Waals surface area contributed by atoms with Crippen molar-refractivity contribution in [2.75, 3.05) is 25.0 Å². The molecule has 0 aromatic carbocycles. The Labute approximate surface area is 125 Å². The van der Waals surface area contributed by atoms with Crippen LogP contribution in [0.2, 0.25) is 0 Å². The number of pyridine rings is 1. The summed E-state index contributed by atoms with van der Waals surface area (Å²) >= 11 is 0. The van der Waals surface area contributed by atoms with Gasteiger partial charge in [0.2, 0.25) is 0 Å². The van der Waals surface area contributed by atoms with Crippen LogP contribution < -0.4 is 5.32 Å². The van der Waals surface area contributed by atoms with Crippen LogP contribution in [0.4, 0.5) is 5.69 Å². The van der Waals surface area contributed by atoms with Gasteiger partial charge in [-0.25, -0.2) is 0 Å². The standard InChI is InChI=1S/C16H23N3O2/c1-2-18-13-11-17-8-7-12(13)16(20)19-9-10-21-15-6-4-3-5-14(15)19/h7-8,11,14-15,18H,2-6,9-10H2,1H3. The number of hydrogen-bond acceptors (Lipinski definition) is 4. The van der Waals surface area contributed by atoms with Crippen LogP contribution in [0.1, 0.15) is 43.0 Å². The first-order valence-electron chi connectivity index (χ1n) is 7.91. The highest BCUT2D eigenvalue weighted by atomic mass is 16.5. The van der Waals surface area contributed by atoms with Crippen molar-refractivity contribution in [3.05, 3.63) is 24.0 Å². The molecule has 1 aromatic heterocycles. The lowest BCUT2D eigenvalue weighted by atomic mass is 9.89. The molecule has 21 heavy (non-hydrogen) atoms. The van der Waals surface area contributed by atoms with Crippen LogP contribution in [-0.2, 0) is 4.74 Å². The molecule has 2 unspecified atom stereocenters. The van der Waals surface area contributed by atoms with Crippen molar-refractivity contribution in [1.82, 2.24) is 9.88 Å². The maximum Gasteiger partial charge on any atom is 0.256 e. The zero-order valence-corrected chi connectivity index (χ0v) is 12.5. The third kappa shape index (κ3) is 2.88. The first kappa shape index (κ1) is 14.3. The van der Waals surface area contributed by atoms with Gasteiger partial charge in [-0.05, 0) is 25.8 Å². The molecule has 5 nitrogen and oxygen atoms in total. The Bertz CT molecular complexity index is 504. The van der Waals surface area contributed by atoms with E-state index in [0.29, 0.717) is 13.2 Å². The second-order valence-corrected chi connectivity index (χ2v) is 5.71. The summed E-state index contributed by atoms with van der Waals surface area (Å²) in [5.41, 5.74) is 1.54. The number of carbonyl (C=O) groups excluding carboxylic acids is 1. The molecule has 114 valence electrons. The molecule has 3 rings (SSSR count). The van der Waals surface area contributed by atoms with Gasteiger partial charge in [-0.1, -0.05) is 12.8 Å². The fourth-order valence-corrected chi connectivity index (χ4v) is 3.42. The molecule has 1 N–H and O–H groups in total. The molecule has 1 saturated heterocycles. The summed E-state index contributed by atoms with van der Waals surface area (Å²) < 4.78 is 5.85. The summed E-state index contributed by atoms with van der Waals surface area (Å²) in [5.74, 6) is 0.105. The van der Waals surface area contributed by atoms with Crippen molar-refractivity contribution >= 4 is 11.6 Å². The normalized spacial score (nSPS) is 25.3. The van der Waals surface area contributed by atoms with E-state index in [-0.39, 0.29) is 18.1 Å². The van der Waals surface area contributed by atoms with Crippen LogP contribution in [0, 0.1) is 0 Å². The first-order chi connectivity index (χ1) is 10.3. The van der Waals surface area contributed by atoms with Gasteiger partial charge in [0.25, 0.3) is 5.91 Å². The van der Waals surface area contributed by atoms with Gasteiger partial charge in [0.05, 0.1) is 36.2 Å². The number of ether oxygens (including phenoxy) is 1. The summed E-state index contributed by atoms with van der Waals surface area (Å²) in [4.78, 5) is 19.1. The minimum Gasteiger partial charge on any atom is -0.383 e. The Balaban J connectivity index is 1.83. The Morgan fingerprint density at radius 3 is 3.19 bits per heavy atom. The number of nitrogens with one attached hydrogen (secondary N) is 1. The summed E-state index contributed by atoms with van der Waals surface area (Å²) in [6, 6.07) is 2.05. The van der Waals surface area contributed by atoms with E-state index in [1.165, 1.54) is 12.8 Å². The topological polar surface area (TPSA) is 54.5 Å². The van der Waals surface area contributed by atoms with Crippen molar-refractivity contribution in [2.45, 2.75) is 44.8 Å². The van der Waals surface area contributed by atoms with Gasteiger partial charge in [0, 0.05) is 19.3 Å². The van der Waals surface area contributed by atoms with E-state index >= 15 is 0 Å². The van der Waals surface area contributed by atoms with E-state index in [1.54, 1.807) is 12.4 Å². The van der Waals surface area contributed by atoms with E-state index < -0.39 is 0 Å². The number of hydrogen-bond donors (Lipinski definition) is 1. The number of anilines is 1. The molecule has 1 aliphatic heterocycles. The van der Waals surface area contributed by atoms with E-state index in [4.69, 9.17) is 4.74 Å². The van der Waals surface area contributed by atoms with Gasteiger partial charge in [0.1, 0.15) is 0 Å². The molecule has 1 aromatic rings. The number of morpholine rings is 1. The summed E-state index contributed by atoms with van der Waals surface area (Å²) in [5, 5.41) is 3.23. The van der Waals surface area contributed by atoms with Crippen molar-refractivity contribution < 1.29 is 9.53 Å². The Morgan fingerprint density at radius 2 is 2.33 bits per heavy atom. The first-order valence-corrected chi connectivity index (χ1v) is 7.91. The monoisotopic (exact) mass is 289 g/mol. The second-order valence-electron chi connectivity index (χ2n) is 5.71. The van der Waals surface area contributed by atoms with E-state index in [0.717, 1.165) is 30.6 Å². The number of aromatic nitrogens is 1. The lowest BCUT2D eigenvalue weighted by Gasteiger charge is -2.44. The molecule has 0 radical (unpaired) electrons. The average Bonchev–Trinajstić information content (AvgIpc) is 2.54. The summed E-state index contributed by atoms with van der Waals surface area (Å²) in [6.45, 7) is 4.14. The fourth-order valence-electron chi connectivity index (χ4n) is 3.42. The fraction of sp³-hybridized carbons (Fsp3) is 0.625. The number of rotatable bonds is 3. The predicted molar refractivity (Wildman–Crippen MR) is 81.4 cm³/mol. The van der Waals surface area contributed by atoms with Gasteiger partial charge in [-0.2, -0.15) is 0 Å². The van der Waals surface area contributed by atoms with Gasteiger partial charge >= 0.3 is 0 Å². The van der Waals surface area contributed by atoms with Crippen molar-refractivity contribution in [2.24, 2.45) is 0 Å². The van der Waals surface area contributed by atoms with Gasteiger partial charge < -0.3 is 15.0 Å². The van der Waals surface area contributed by atoms with Crippen LogP contribution in [0.3, 0.4) is 0 Å². The van der Waals surface area contributed by atoms with Crippen LogP contribution in [0.5, 0.6) is 0 Å². The number of carbonyl (C=O) groups is 1. The third-order valence-corrected chi connectivity index (χ3v) is 4.41. The lowest BCUT2D eigenvalue weighted by Crippen LogP contribution is -2.54. The maximum absolute atomic E-state index is 13.0. The molecule has 2 heterocycles. The number of amides is 1. The highest BCUT2D eigenvalue weighted by molar-refractivity contribution is 5.99. The molecule has 1 saturated carbocycles. The molecule has 0 bridgehead atoms. The van der Waals surface area contributed by atoms with Crippen LogP contribution in [0.15, 0.2) is 18.5 Å². The maximum atomic E-state index is 13.0. The molecule has 5 heteroatoms. The van der Waals surface area contributed by atoms with Crippen LogP contribution in [-0.4, -0.2) is 47.6 Å². The van der Waals surface area contributed by atoms with E-state index in [1.807, 2.05) is 17.9 Å². The van der Waals surface area contributed by atoms with Crippen LogP contribution in [0.25, 0.3) is 0 Å². The molecular formula is C16H23N3O2. The SMILES string of the molecule is CCNc1cnccc1C(=O)N1CCOC2CCCCC21. The predicted octanol–water partition coefficient (Wildman–Crippen LogP) is 2.30. The number of fused-ring (bicyclic) bond motifs is 1. The highest BCUT2D eigenvalue weighted by Gasteiger charge is 2.37. The molecule has 2 fully saturated rings. The second kappa shape index (κ2) is 6.43.